The summed E-state index contributed by atoms with van der Waals surface area (Å²) in [7, 11) is 0. The van der Waals surface area contributed by atoms with Gasteiger partial charge in [0.1, 0.15) is 0 Å². The summed E-state index contributed by atoms with van der Waals surface area (Å²) in [4.78, 5) is 0. The van der Waals surface area contributed by atoms with Crippen LogP contribution in [0.3, 0.4) is 0 Å². The Hall–Kier alpha value is 0.690. The summed E-state index contributed by atoms with van der Waals surface area (Å²) < 4.78 is 3.25. The van der Waals surface area contributed by atoms with Crippen LogP contribution >= 0.6 is 22.9 Å². The van der Waals surface area contributed by atoms with E-state index in [-0.39, 0.29) is 0 Å². The fourth-order valence-corrected chi connectivity index (χ4v) is 1.15. The summed E-state index contributed by atoms with van der Waals surface area (Å²) >= 11 is 2.22. The smallest absolute Gasteiger partial charge is 0.0241 e. The highest BCUT2D eigenvalue weighted by atomic mass is 127. The first-order chi connectivity index (χ1) is 3.68. The molecule has 50 valence electrons. The quantitative estimate of drug-likeness (QED) is 0.577. The van der Waals surface area contributed by atoms with E-state index in [2.05, 4.69) is 47.2 Å². The van der Waals surface area contributed by atoms with Gasteiger partial charge < -0.3 is 0 Å². The Kier molecular flexibility index (Phi) is 3.98. The number of hydrogen-bond acceptors (Lipinski definition) is 1. The lowest BCUT2D eigenvalue weighted by molar-refractivity contribution is 0.417. The van der Waals surface area contributed by atoms with Crippen molar-refractivity contribution in [2.45, 2.75) is 39.2 Å². The fourth-order valence-electron chi connectivity index (χ4n) is 0.384. The average Bonchev–Trinajstić information content (AvgIpc) is 1.87. The van der Waals surface area contributed by atoms with E-state index in [4.69, 9.17) is 0 Å². The minimum Gasteiger partial charge on any atom is -0.255 e. The molecule has 0 saturated heterocycles. The van der Waals surface area contributed by atoms with Crippen molar-refractivity contribution >= 4 is 22.9 Å². The fraction of sp³-hybridized carbons (Fsp3) is 1.00. The van der Waals surface area contributed by atoms with Gasteiger partial charge in [0, 0.05) is 28.4 Å². The van der Waals surface area contributed by atoms with Gasteiger partial charge in [-0.3, -0.25) is 3.53 Å². The summed E-state index contributed by atoms with van der Waals surface area (Å²) in [6, 6.07) is 0. The van der Waals surface area contributed by atoms with Crippen LogP contribution in [0, 0.1) is 0 Å². The van der Waals surface area contributed by atoms with E-state index < -0.39 is 0 Å². The number of nitrogens with one attached hydrogen (secondary N) is 1. The van der Waals surface area contributed by atoms with E-state index in [0.29, 0.717) is 5.54 Å². The van der Waals surface area contributed by atoms with Gasteiger partial charge in [-0.25, -0.2) is 0 Å². The molecular weight excluding hydrogens is 213 g/mol. The van der Waals surface area contributed by atoms with E-state index in [0.717, 1.165) is 0 Å². The molecule has 0 heterocycles. The van der Waals surface area contributed by atoms with Crippen LogP contribution in [0.5, 0.6) is 0 Å². The van der Waals surface area contributed by atoms with E-state index in [1.54, 1.807) is 0 Å². The van der Waals surface area contributed by atoms with Gasteiger partial charge in [-0.2, -0.15) is 0 Å². The molecule has 0 rings (SSSR count). The van der Waals surface area contributed by atoms with E-state index >= 15 is 0 Å². The van der Waals surface area contributed by atoms with Crippen LogP contribution < -0.4 is 3.53 Å². The molecule has 0 bridgehead atoms. The van der Waals surface area contributed by atoms with Crippen LogP contribution in [0.1, 0.15) is 33.6 Å². The second kappa shape index (κ2) is 3.67. The topological polar surface area (TPSA) is 12.0 Å². The van der Waals surface area contributed by atoms with E-state index in [1.807, 2.05) is 0 Å². The van der Waals surface area contributed by atoms with Crippen LogP contribution in [0.25, 0.3) is 0 Å². The van der Waals surface area contributed by atoms with Gasteiger partial charge >= 0.3 is 0 Å². The van der Waals surface area contributed by atoms with Gasteiger partial charge in [-0.05, 0) is 19.8 Å². The third-order valence-electron chi connectivity index (χ3n) is 1.79. The average molecular weight is 227 g/mol. The maximum Gasteiger partial charge on any atom is 0.0241 e. The molecule has 0 atom stereocenters. The Balaban J connectivity index is 3.58. The maximum absolute atomic E-state index is 3.25. The molecule has 0 amide bonds. The zero-order valence-electron chi connectivity index (χ0n) is 5.79. The standard InChI is InChI=1S/C6H14IN/c1-4-6(3,5-2)8-7/h8H,4-5H2,1-3H3. The highest BCUT2D eigenvalue weighted by molar-refractivity contribution is 14.1. The van der Waals surface area contributed by atoms with Gasteiger partial charge in [0.15, 0.2) is 0 Å². The van der Waals surface area contributed by atoms with Crippen LogP contribution in [0.2, 0.25) is 0 Å². The largest absolute Gasteiger partial charge is 0.255 e. The second-order valence-electron chi connectivity index (χ2n) is 2.36. The lowest BCUT2D eigenvalue weighted by atomic mass is 9.98. The van der Waals surface area contributed by atoms with Crippen molar-refractivity contribution in [3.63, 3.8) is 0 Å². The predicted octanol–water partition coefficient (Wildman–Crippen LogP) is 2.50. The molecule has 0 fully saturated rings. The van der Waals surface area contributed by atoms with Crippen LogP contribution in [0.4, 0.5) is 0 Å². The first-order valence-corrected chi connectivity index (χ1v) is 4.14. The van der Waals surface area contributed by atoms with Crippen molar-refractivity contribution in [2.24, 2.45) is 0 Å². The Morgan fingerprint density at radius 3 is 1.75 bits per heavy atom. The molecule has 0 aromatic carbocycles. The molecule has 0 unspecified atom stereocenters. The minimum absolute atomic E-state index is 0.362. The predicted molar refractivity (Wildman–Crippen MR) is 46.1 cm³/mol. The summed E-state index contributed by atoms with van der Waals surface area (Å²) in [5, 5.41) is 0. The van der Waals surface area contributed by atoms with Crippen molar-refractivity contribution in [1.82, 2.24) is 3.53 Å². The molecule has 8 heavy (non-hydrogen) atoms. The van der Waals surface area contributed by atoms with Crippen molar-refractivity contribution in [3.8, 4) is 0 Å². The van der Waals surface area contributed by atoms with Gasteiger partial charge in [-0.1, -0.05) is 13.8 Å². The molecule has 1 N–H and O–H groups in total. The minimum atomic E-state index is 0.362. The highest BCUT2D eigenvalue weighted by Crippen LogP contribution is 2.14. The van der Waals surface area contributed by atoms with Gasteiger partial charge in [-0.15, -0.1) is 0 Å². The summed E-state index contributed by atoms with van der Waals surface area (Å²) in [6.45, 7) is 6.64. The third-order valence-corrected chi connectivity index (χ3v) is 3.09. The van der Waals surface area contributed by atoms with E-state index in [1.165, 1.54) is 12.8 Å². The third kappa shape index (κ3) is 2.31. The first-order valence-electron chi connectivity index (χ1n) is 3.06. The maximum atomic E-state index is 3.25. The lowest BCUT2D eigenvalue weighted by Gasteiger charge is -2.23. The van der Waals surface area contributed by atoms with Crippen molar-refractivity contribution in [2.75, 3.05) is 0 Å². The SMILES string of the molecule is CCC(C)(CC)NI. The van der Waals surface area contributed by atoms with Crippen LogP contribution in [-0.4, -0.2) is 5.54 Å². The number of halogens is 1. The van der Waals surface area contributed by atoms with Crippen LogP contribution in [-0.2, 0) is 0 Å². The summed E-state index contributed by atoms with van der Waals surface area (Å²) in [5.74, 6) is 0. The monoisotopic (exact) mass is 227 g/mol. The molecule has 1 nitrogen and oxygen atoms in total. The summed E-state index contributed by atoms with van der Waals surface area (Å²) in [5.41, 5.74) is 0.362. The number of rotatable bonds is 3. The Labute approximate surface area is 65.7 Å². The number of hydrogen-bond donors (Lipinski definition) is 1. The van der Waals surface area contributed by atoms with Crippen LogP contribution in [0.15, 0.2) is 0 Å². The molecule has 0 radical (unpaired) electrons. The zero-order valence-corrected chi connectivity index (χ0v) is 7.95. The first kappa shape index (κ1) is 8.69. The Bertz CT molecular complexity index is 51.3. The zero-order chi connectivity index (χ0) is 6.62. The molecule has 0 saturated carbocycles. The highest BCUT2D eigenvalue weighted by Gasteiger charge is 2.15. The lowest BCUT2D eigenvalue weighted by Crippen LogP contribution is -2.33. The Morgan fingerprint density at radius 1 is 1.38 bits per heavy atom. The van der Waals surface area contributed by atoms with Crippen molar-refractivity contribution in [3.05, 3.63) is 0 Å². The van der Waals surface area contributed by atoms with Gasteiger partial charge in [0.05, 0.1) is 0 Å². The van der Waals surface area contributed by atoms with E-state index in [9.17, 15) is 0 Å². The molecule has 0 aromatic rings. The Morgan fingerprint density at radius 2 is 1.75 bits per heavy atom. The van der Waals surface area contributed by atoms with Crippen molar-refractivity contribution < 1.29 is 0 Å². The normalized spacial score (nSPS) is 12.0. The molecule has 0 spiro atoms. The van der Waals surface area contributed by atoms with Gasteiger partial charge in [0.25, 0.3) is 0 Å². The molecule has 0 aliphatic rings. The molecule has 0 aliphatic carbocycles. The molecule has 0 aromatic heterocycles. The molecule has 2 heteroatoms. The van der Waals surface area contributed by atoms with Crippen molar-refractivity contribution in [1.29, 1.82) is 0 Å². The molecule has 0 aliphatic heterocycles. The van der Waals surface area contributed by atoms with Gasteiger partial charge in [0.2, 0.25) is 0 Å². The molecular formula is C6H14IN. The summed E-state index contributed by atoms with van der Waals surface area (Å²) in [6.07, 6.45) is 2.40. The second-order valence-corrected chi connectivity index (χ2v) is 2.90.